The summed E-state index contributed by atoms with van der Waals surface area (Å²) in [5, 5.41) is 3.56. The van der Waals surface area contributed by atoms with Crippen LogP contribution in [-0.4, -0.2) is 31.1 Å². The fourth-order valence-electron chi connectivity index (χ4n) is 2.92. The molecule has 2 aromatic rings. The average molecular weight is 356 g/mol. The van der Waals surface area contributed by atoms with Crippen molar-refractivity contribution >= 4 is 26.7 Å². The number of halogens is 3. The SMILES string of the molecule is CON1CCC(F)C(F)C1c1ccc2ccccc2c1Br. The molecule has 0 saturated carbocycles. The van der Waals surface area contributed by atoms with E-state index in [4.69, 9.17) is 4.84 Å². The largest absolute Gasteiger partial charge is 0.302 e. The molecule has 3 atom stereocenters. The highest BCUT2D eigenvalue weighted by Gasteiger charge is 2.41. The van der Waals surface area contributed by atoms with Gasteiger partial charge in [0.2, 0.25) is 0 Å². The summed E-state index contributed by atoms with van der Waals surface area (Å²) < 4.78 is 29.0. The van der Waals surface area contributed by atoms with Crippen LogP contribution in [0.25, 0.3) is 10.8 Å². The summed E-state index contributed by atoms with van der Waals surface area (Å²) >= 11 is 3.55. The number of fused-ring (bicyclic) bond motifs is 1. The summed E-state index contributed by atoms with van der Waals surface area (Å²) in [5.41, 5.74) is 0.713. The molecule has 0 N–H and O–H groups in total. The van der Waals surface area contributed by atoms with Gasteiger partial charge in [0.1, 0.15) is 6.17 Å². The van der Waals surface area contributed by atoms with E-state index in [0.717, 1.165) is 15.2 Å². The molecule has 0 radical (unpaired) electrons. The third kappa shape index (κ3) is 2.58. The molecule has 0 aliphatic carbocycles. The molecule has 2 aromatic carbocycles. The molecule has 21 heavy (non-hydrogen) atoms. The second-order valence-electron chi connectivity index (χ2n) is 5.21. The number of hydrogen-bond donors (Lipinski definition) is 0. The zero-order chi connectivity index (χ0) is 15.0. The first-order valence-corrected chi connectivity index (χ1v) is 7.69. The van der Waals surface area contributed by atoms with Crippen molar-refractivity contribution < 1.29 is 13.6 Å². The van der Waals surface area contributed by atoms with Crippen LogP contribution in [0.4, 0.5) is 8.78 Å². The lowest BCUT2D eigenvalue weighted by Gasteiger charge is -2.38. The third-order valence-corrected chi connectivity index (χ3v) is 4.91. The van der Waals surface area contributed by atoms with Crippen LogP contribution in [0.15, 0.2) is 40.9 Å². The van der Waals surface area contributed by atoms with Gasteiger partial charge in [-0.25, -0.2) is 8.78 Å². The molecule has 1 saturated heterocycles. The molecule has 5 heteroatoms. The first-order valence-electron chi connectivity index (χ1n) is 6.89. The van der Waals surface area contributed by atoms with E-state index in [1.807, 2.05) is 36.4 Å². The Morgan fingerprint density at radius 2 is 1.95 bits per heavy atom. The summed E-state index contributed by atoms with van der Waals surface area (Å²) in [5.74, 6) is 0. The van der Waals surface area contributed by atoms with Gasteiger partial charge in [-0.2, -0.15) is 5.06 Å². The Hall–Kier alpha value is -1.04. The van der Waals surface area contributed by atoms with Gasteiger partial charge in [0.25, 0.3) is 0 Å². The van der Waals surface area contributed by atoms with E-state index in [1.54, 1.807) is 0 Å². The predicted molar refractivity (Wildman–Crippen MR) is 82.5 cm³/mol. The molecular weight excluding hydrogens is 340 g/mol. The van der Waals surface area contributed by atoms with Crippen LogP contribution in [0.5, 0.6) is 0 Å². The van der Waals surface area contributed by atoms with Crippen LogP contribution in [0.2, 0.25) is 0 Å². The molecule has 3 unspecified atom stereocenters. The second kappa shape index (κ2) is 5.99. The lowest BCUT2D eigenvalue weighted by Crippen LogP contribution is -2.45. The smallest absolute Gasteiger partial charge is 0.153 e. The van der Waals surface area contributed by atoms with Gasteiger partial charge in [0, 0.05) is 11.0 Å². The molecule has 2 nitrogen and oxygen atoms in total. The van der Waals surface area contributed by atoms with Crippen molar-refractivity contribution in [3.8, 4) is 0 Å². The molecule has 1 fully saturated rings. The number of rotatable bonds is 2. The highest BCUT2D eigenvalue weighted by atomic mass is 79.9. The Bertz CT molecular complexity index is 649. The van der Waals surface area contributed by atoms with Gasteiger partial charge in [0.15, 0.2) is 6.17 Å². The Morgan fingerprint density at radius 1 is 1.19 bits per heavy atom. The summed E-state index contributed by atoms with van der Waals surface area (Å²) in [6.45, 7) is 0.377. The molecule has 0 aromatic heterocycles. The normalized spacial score (nSPS) is 27.1. The molecule has 0 bridgehead atoms. The third-order valence-electron chi connectivity index (χ3n) is 4.03. The van der Waals surface area contributed by atoms with Crippen LogP contribution in [0, 0.1) is 0 Å². The Morgan fingerprint density at radius 3 is 2.71 bits per heavy atom. The van der Waals surface area contributed by atoms with Crippen molar-refractivity contribution in [2.24, 2.45) is 0 Å². The monoisotopic (exact) mass is 355 g/mol. The van der Waals surface area contributed by atoms with Crippen molar-refractivity contribution in [3.05, 3.63) is 46.4 Å². The molecular formula is C16H16BrF2NO. The summed E-state index contributed by atoms with van der Waals surface area (Å²) in [6.07, 6.45) is -2.91. The Labute approximate surface area is 130 Å². The summed E-state index contributed by atoms with van der Waals surface area (Å²) in [7, 11) is 1.49. The standard InChI is InChI=1S/C16H16BrF2NO/c1-21-20-9-8-13(18)15(19)16(20)12-7-6-10-4-2-3-5-11(10)14(12)17/h2-7,13,15-16H,8-9H2,1H3. The van der Waals surface area contributed by atoms with E-state index in [2.05, 4.69) is 15.9 Å². The quantitative estimate of drug-likeness (QED) is 0.781. The topological polar surface area (TPSA) is 12.5 Å². The van der Waals surface area contributed by atoms with Crippen LogP contribution in [0.3, 0.4) is 0 Å². The summed E-state index contributed by atoms with van der Waals surface area (Å²) in [6, 6.07) is 10.9. The lowest BCUT2D eigenvalue weighted by molar-refractivity contribution is -0.205. The highest BCUT2D eigenvalue weighted by Crippen LogP contribution is 2.40. The minimum atomic E-state index is -1.60. The van der Waals surface area contributed by atoms with Gasteiger partial charge in [-0.15, -0.1) is 0 Å². The average Bonchev–Trinajstić information content (AvgIpc) is 2.51. The Balaban J connectivity index is 2.11. The molecule has 1 heterocycles. The predicted octanol–water partition coefficient (Wildman–Crippen LogP) is 4.59. The molecule has 3 rings (SSSR count). The minimum absolute atomic E-state index is 0.150. The van der Waals surface area contributed by atoms with Gasteiger partial charge in [-0.05, 0) is 38.7 Å². The molecule has 0 amide bonds. The van der Waals surface area contributed by atoms with Crippen LogP contribution < -0.4 is 0 Å². The number of alkyl halides is 2. The van der Waals surface area contributed by atoms with Crippen molar-refractivity contribution in [1.29, 1.82) is 0 Å². The first kappa shape index (κ1) is 14.9. The second-order valence-corrected chi connectivity index (χ2v) is 6.00. The molecule has 1 aliphatic rings. The number of nitrogens with zero attached hydrogens (tertiary/aromatic N) is 1. The zero-order valence-corrected chi connectivity index (χ0v) is 13.2. The van der Waals surface area contributed by atoms with E-state index in [-0.39, 0.29) is 6.42 Å². The van der Waals surface area contributed by atoms with Crippen molar-refractivity contribution in [3.63, 3.8) is 0 Å². The number of benzene rings is 2. The molecule has 112 valence electrons. The van der Waals surface area contributed by atoms with Crippen LogP contribution in [-0.2, 0) is 4.84 Å². The summed E-state index contributed by atoms with van der Waals surface area (Å²) in [4.78, 5) is 5.25. The van der Waals surface area contributed by atoms with Crippen molar-refractivity contribution in [2.75, 3.05) is 13.7 Å². The van der Waals surface area contributed by atoms with Crippen molar-refractivity contribution in [2.45, 2.75) is 24.8 Å². The van der Waals surface area contributed by atoms with E-state index in [0.29, 0.717) is 12.1 Å². The maximum Gasteiger partial charge on any atom is 0.153 e. The maximum absolute atomic E-state index is 14.4. The van der Waals surface area contributed by atoms with E-state index in [9.17, 15) is 8.78 Å². The van der Waals surface area contributed by atoms with Gasteiger partial charge < -0.3 is 4.84 Å². The number of piperidine rings is 1. The number of hydroxylamine groups is 2. The fourth-order valence-corrected chi connectivity index (χ4v) is 3.64. The highest BCUT2D eigenvalue weighted by molar-refractivity contribution is 9.10. The van der Waals surface area contributed by atoms with Gasteiger partial charge in [-0.3, -0.25) is 0 Å². The van der Waals surface area contributed by atoms with Crippen LogP contribution in [0.1, 0.15) is 18.0 Å². The number of hydrogen-bond acceptors (Lipinski definition) is 2. The molecule has 0 spiro atoms. The van der Waals surface area contributed by atoms with E-state index >= 15 is 0 Å². The van der Waals surface area contributed by atoms with Crippen LogP contribution >= 0.6 is 15.9 Å². The van der Waals surface area contributed by atoms with E-state index in [1.165, 1.54) is 12.2 Å². The Kier molecular flexibility index (Phi) is 4.24. The fraction of sp³-hybridized carbons (Fsp3) is 0.375. The lowest BCUT2D eigenvalue weighted by atomic mass is 9.92. The van der Waals surface area contributed by atoms with Crippen molar-refractivity contribution in [1.82, 2.24) is 5.06 Å². The van der Waals surface area contributed by atoms with Gasteiger partial charge in [-0.1, -0.05) is 36.4 Å². The first-order chi connectivity index (χ1) is 10.1. The molecule has 1 aliphatic heterocycles. The zero-order valence-electron chi connectivity index (χ0n) is 11.6. The van der Waals surface area contributed by atoms with Gasteiger partial charge >= 0.3 is 0 Å². The minimum Gasteiger partial charge on any atom is -0.302 e. The maximum atomic E-state index is 14.4. The van der Waals surface area contributed by atoms with Gasteiger partial charge in [0.05, 0.1) is 13.2 Å². The van der Waals surface area contributed by atoms with E-state index < -0.39 is 18.4 Å².